The number of anilines is 1. The molecule has 2 rings (SSSR count). The van der Waals surface area contributed by atoms with Crippen LogP contribution in [0.3, 0.4) is 0 Å². The molecule has 4 heteroatoms. The summed E-state index contributed by atoms with van der Waals surface area (Å²) in [6, 6.07) is 9.81. The van der Waals surface area contributed by atoms with Gasteiger partial charge in [0.15, 0.2) is 0 Å². The average Bonchev–Trinajstić information content (AvgIpc) is 2.81. The Kier molecular flexibility index (Phi) is 3.50. The van der Waals surface area contributed by atoms with Crippen LogP contribution in [0.5, 0.6) is 0 Å². The van der Waals surface area contributed by atoms with Gasteiger partial charge in [-0.1, -0.05) is 15.9 Å². The zero-order valence-electron chi connectivity index (χ0n) is 9.35. The normalized spacial score (nSPS) is 9.94. The second kappa shape index (κ2) is 5.07. The summed E-state index contributed by atoms with van der Waals surface area (Å²) in [4.78, 5) is 2.02. The SMILES string of the molecule is CN(Cc1ccoc1)c1ccc(Br)cc1C#N. The van der Waals surface area contributed by atoms with E-state index in [4.69, 9.17) is 9.68 Å². The second-order valence-electron chi connectivity index (χ2n) is 3.76. The van der Waals surface area contributed by atoms with Crippen molar-refractivity contribution in [2.24, 2.45) is 0 Å². The first kappa shape index (κ1) is 11.7. The Morgan fingerprint density at radius 2 is 2.24 bits per heavy atom. The molecule has 0 saturated carbocycles. The minimum Gasteiger partial charge on any atom is -0.472 e. The van der Waals surface area contributed by atoms with Gasteiger partial charge in [0, 0.05) is 23.6 Å². The molecule has 3 nitrogen and oxygen atoms in total. The fraction of sp³-hybridized carbons (Fsp3) is 0.154. The van der Waals surface area contributed by atoms with Crippen molar-refractivity contribution in [1.82, 2.24) is 0 Å². The standard InChI is InChI=1S/C13H11BrN2O/c1-16(8-10-4-5-17-9-10)13-3-2-12(14)6-11(13)7-15/h2-6,9H,8H2,1H3. The highest BCUT2D eigenvalue weighted by Gasteiger charge is 2.08. The van der Waals surface area contributed by atoms with Crippen LogP contribution >= 0.6 is 15.9 Å². The number of furan rings is 1. The van der Waals surface area contributed by atoms with Gasteiger partial charge in [-0.3, -0.25) is 0 Å². The molecule has 2 aromatic rings. The fourth-order valence-electron chi connectivity index (χ4n) is 1.67. The quantitative estimate of drug-likeness (QED) is 0.868. The Hall–Kier alpha value is -1.73. The lowest BCUT2D eigenvalue weighted by molar-refractivity contribution is 0.563. The minimum atomic E-state index is 0.658. The summed E-state index contributed by atoms with van der Waals surface area (Å²) in [7, 11) is 1.96. The summed E-state index contributed by atoms with van der Waals surface area (Å²) in [6.45, 7) is 0.715. The molecule has 0 aliphatic rings. The van der Waals surface area contributed by atoms with Crippen LogP contribution in [0.2, 0.25) is 0 Å². The Balaban J connectivity index is 2.25. The maximum Gasteiger partial charge on any atom is 0.101 e. The highest BCUT2D eigenvalue weighted by molar-refractivity contribution is 9.10. The van der Waals surface area contributed by atoms with Gasteiger partial charge in [0.05, 0.1) is 23.8 Å². The number of hydrogen-bond donors (Lipinski definition) is 0. The topological polar surface area (TPSA) is 40.2 Å². The van der Waals surface area contributed by atoms with E-state index in [0.29, 0.717) is 12.1 Å². The van der Waals surface area contributed by atoms with Crippen LogP contribution in [0.25, 0.3) is 0 Å². The number of hydrogen-bond acceptors (Lipinski definition) is 3. The summed E-state index contributed by atoms with van der Waals surface area (Å²) < 4.78 is 5.94. The van der Waals surface area contributed by atoms with Crippen molar-refractivity contribution >= 4 is 21.6 Å². The zero-order valence-corrected chi connectivity index (χ0v) is 10.9. The molecule has 0 unspecified atom stereocenters. The summed E-state index contributed by atoms with van der Waals surface area (Å²) in [6.07, 6.45) is 3.36. The third-order valence-corrected chi connectivity index (χ3v) is 2.98. The number of nitrogens with zero attached hydrogens (tertiary/aromatic N) is 2. The molecule has 0 N–H and O–H groups in total. The van der Waals surface area contributed by atoms with E-state index in [9.17, 15) is 0 Å². The van der Waals surface area contributed by atoms with E-state index >= 15 is 0 Å². The predicted molar refractivity (Wildman–Crippen MR) is 69.7 cm³/mol. The molecular formula is C13H11BrN2O. The van der Waals surface area contributed by atoms with Gasteiger partial charge < -0.3 is 9.32 Å². The van der Waals surface area contributed by atoms with Crippen molar-refractivity contribution in [2.75, 3.05) is 11.9 Å². The lowest BCUT2D eigenvalue weighted by Gasteiger charge is -2.19. The van der Waals surface area contributed by atoms with Crippen molar-refractivity contribution in [1.29, 1.82) is 5.26 Å². The fourth-order valence-corrected chi connectivity index (χ4v) is 2.03. The minimum absolute atomic E-state index is 0.658. The van der Waals surface area contributed by atoms with Crippen molar-refractivity contribution in [3.8, 4) is 6.07 Å². The first-order chi connectivity index (χ1) is 8.20. The summed E-state index contributed by atoms with van der Waals surface area (Å²) in [5.74, 6) is 0. The molecule has 1 aromatic heterocycles. The molecule has 86 valence electrons. The molecule has 0 aliphatic carbocycles. The van der Waals surface area contributed by atoms with E-state index in [1.165, 1.54) is 0 Å². The number of halogens is 1. The first-order valence-electron chi connectivity index (χ1n) is 5.12. The van der Waals surface area contributed by atoms with Gasteiger partial charge in [0.2, 0.25) is 0 Å². The van der Waals surface area contributed by atoms with Crippen LogP contribution in [0, 0.1) is 11.3 Å². The molecule has 0 fully saturated rings. The number of rotatable bonds is 3. The van der Waals surface area contributed by atoms with Gasteiger partial charge >= 0.3 is 0 Å². The number of nitriles is 1. The molecule has 0 aliphatic heterocycles. The van der Waals surface area contributed by atoms with Gasteiger partial charge in [-0.15, -0.1) is 0 Å². The van der Waals surface area contributed by atoms with E-state index < -0.39 is 0 Å². The van der Waals surface area contributed by atoms with Crippen LogP contribution in [0.1, 0.15) is 11.1 Å². The first-order valence-corrected chi connectivity index (χ1v) is 5.92. The molecule has 0 spiro atoms. The van der Waals surface area contributed by atoms with Gasteiger partial charge in [0.1, 0.15) is 6.07 Å². The lowest BCUT2D eigenvalue weighted by Crippen LogP contribution is -2.17. The van der Waals surface area contributed by atoms with E-state index in [0.717, 1.165) is 15.7 Å². The van der Waals surface area contributed by atoms with Crippen LogP contribution in [0.4, 0.5) is 5.69 Å². The van der Waals surface area contributed by atoms with Crippen molar-refractivity contribution < 1.29 is 4.42 Å². The molecule has 1 heterocycles. The number of benzene rings is 1. The van der Waals surface area contributed by atoms with Crippen LogP contribution in [-0.4, -0.2) is 7.05 Å². The maximum atomic E-state index is 9.10. The van der Waals surface area contributed by atoms with E-state index in [2.05, 4.69) is 22.0 Å². The molecule has 0 bridgehead atoms. The predicted octanol–water partition coefficient (Wildman–Crippen LogP) is 3.55. The largest absolute Gasteiger partial charge is 0.472 e. The van der Waals surface area contributed by atoms with Crippen LogP contribution < -0.4 is 4.90 Å². The van der Waals surface area contributed by atoms with Crippen molar-refractivity contribution in [3.63, 3.8) is 0 Å². The summed E-state index contributed by atoms with van der Waals surface area (Å²) in [5, 5.41) is 9.10. The van der Waals surface area contributed by atoms with E-state index in [1.807, 2.05) is 36.2 Å². The highest BCUT2D eigenvalue weighted by Crippen LogP contribution is 2.24. The third kappa shape index (κ3) is 2.69. The monoisotopic (exact) mass is 290 g/mol. The highest BCUT2D eigenvalue weighted by atomic mass is 79.9. The van der Waals surface area contributed by atoms with Crippen LogP contribution in [0.15, 0.2) is 45.7 Å². The molecule has 0 radical (unpaired) electrons. The molecule has 0 amide bonds. The molecule has 17 heavy (non-hydrogen) atoms. The van der Waals surface area contributed by atoms with Crippen LogP contribution in [-0.2, 0) is 6.54 Å². The Bertz CT molecular complexity index is 543. The van der Waals surface area contributed by atoms with E-state index in [-0.39, 0.29) is 0 Å². The Morgan fingerprint density at radius 3 is 2.88 bits per heavy atom. The zero-order chi connectivity index (χ0) is 12.3. The lowest BCUT2D eigenvalue weighted by atomic mass is 10.1. The second-order valence-corrected chi connectivity index (χ2v) is 4.68. The Labute approximate surface area is 108 Å². The van der Waals surface area contributed by atoms with Gasteiger partial charge in [0.25, 0.3) is 0 Å². The van der Waals surface area contributed by atoms with Crippen molar-refractivity contribution in [2.45, 2.75) is 6.54 Å². The van der Waals surface area contributed by atoms with Gasteiger partial charge in [-0.25, -0.2) is 0 Å². The van der Waals surface area contributed by atoms with Crippen molar-refractivity contribution in [3.05, 3.63) is 52.4 Å². The maximum absolute atomic E-state index is 9.10. The third-order valence-electron chi connectivity index (χ3n) is 2.49. The Morgan fingerprint density at radius 1 is 1.41 bits per heavy atom. The summed E-state index contributed by atoms with van der Waals surface area (Å²) in [5.41, 5.74) is 2.65. The average molecular weight is 291 g/mol. The molecular weight excluding hydrogens is 280 g/mol. The summed E-state index contributed by atoms with van der Waals surface area (Å²) >= 11 is 3.36. The van der Waals surface area contributed by atoms with Gasteiger partial charge in [-0.05, 0) is 24.3 Å². The van der Waals surface area contributed by atoms with Gasteiger partial charge in [-0.2, -0.15) is 5.26 Å². The molecule has 0 saturated heterocycles. The smallest absolute Gasteiger partial charge is 0.101 e. The molecule has 1 aromatic carbocycles. The van der Waals surface area contributed by atoms with E-state index in [1.54, 1.807) is 12.5 Å². The molecule has 0 atom stereocenters.